The Hall–Kier alpha value is -1.05. The fraction of sp³-hybridized carbons (Fsp3) is 0.200. The molecule has 0 aliphatic carbocycles. The number of anilines is 1. The summed E-state index contributed by atoms with van der Waals surface area (Å²) in [5.74, 6) is -1.01. The van der Waals surface area contributed by atoms with E-state index in [1.54, 1.807) is 18.2 Å². The Morgan fingerprint density at radius 1 is 1.67 bits per heavy atom. The van der Waals surface area contributed by atoms with Crippen molar-refractivity contribution in [1.29, 1.82) is 5.26 Å². The number of halogens is 2. The van der Waals surface area contributed by atoms with Crippen molar-refractivity contribution in [2.75, 3.05) is 5.32 Å². The minimum absolute atomic E-state index is 0.337. The third-order valence-corrected chi connectivity index (χ3v) is 3.01. The fourth-order valence-corrected chi connectivity index (χ4v) is 1.31. The highest BCUT2D eigenvalue weighted by atomic mass is 79.9. The second kappa shape index (κ2) is 5.15. The first-order chi connectivity index (χ1) is 7.04. The first kappa shape index (κ1) is 12.0. The van der Waals surface area contributed by atoms with Crippen LogP contribution in [0.15, 0.2) is 22.7 Å². The Kier molecular flexibility index (Phi) is 4.13. The quantitative estimate of drug-likeness (QED) is 0.908. The molecule has 0 radical (unpaired) electrons. The van der Waals surface area contributed by atoms with E-state index in [2.05, 4.69) is 21.2 Å². The molecular weight excluding hydrogens is 279 g/mol. The van der Waals surface area contributed by atoms with Crippen molar-refractivity contribution in [3.8, 4) is 6.07 Å². The van der Waals surface area contributed by atoms with Crippen LogP contribution in [0.4, 0.5) is 5.69 Å². The van der Waals surface area contributed by atoms with E-state index in [9.17, 15) is 4.79 Å². The second-order valence-electron chi connectivity index (χ2n) is 2.97. The summed E-state index contributed by atoms with van der Waals surface area (Å²) in [4.78, 5) is 11.4. The maximum Gasteiger partial charge on any atom is 0.241 e. The van der Waals surface area contributed by atoms with Crippen molar-refractivity contribution in [2.24, 2.45) is 5.92 Å². The summed E-state index contributed by atoms with van der Waals surface area (Å²) in [5.41, 5.74) is 0.579. The Morgan fingerprint density at radius 3 is 2.87 bits per heavy atom. The lowest BCUT2D eigenvalue weighted by Crippen LogP contribution is -2.18. The lowest BCUT2D eigenvalue weighted by atomic mass is 10.2. The molecule has 0 saturated heterocycles. The molecule has 0 spiro atoms. The molecule has 1 N–H and O–H groups in total. The summed E-state index contributed by atoms with van der Waals surface area (Å²) in [6, 6.07) is 6.91. The van der Waals surface area contributed by atoms with Crippen LogP contribution >= 0.6 is 27.5 Å². The molecular formula is C10H8BrClN2O. The number of amides is 1. The van der Waals surface area contributed by atoms with Crippen LogP contribution in [-0.2, 0) is 4.79 Å². The number of nitriles is 1. The number of nitrogens with zero attached hydrogens (tertiary/aromatic N) is 1. The highest BCUT2D eigenvalue weighted by Gasteiger charge is 2.11. The van der Waals surface area contributed by atoms with Gasteiger partial charge in [-0.25, -0.2) is 0 Å². The Balaban J connectivity index is 2.78. The normalized spacial score (nSPS) is 11.6. The van der Waals surface area contributed by atoms with Gasteiger partial charge in [-0.15, -0.1) is 0 Å². The summed E-state index contributed by atoms with van der Waals surface area (Å²) >= 11 is 9.09. The van der Waals surface area contributed by atoms with Crippen LogP contribution in [0.1, 0.15) is 6.92 Å². The van der Waals surface area contributed by atoms with Crippen LogP contribution in [0.2, 0.25) is 5.02 Å². The zero-order chi connectivity index (χ0) is 11.4. The first-order valence-corrected chi connectivity index (χ1v) is 5.37. The van der Waals surface area contributed by atoms with E-state index in [0.29, 0.717) is 10.7 Å². The van der Waals surface area contributed by atoms with E-state index in [-0.39, 0.29) is 5.91 Å². The number of rotatable bonds is 2. The van der Waals surface area contributed by atoms with Gasteiger partial charge in [0.1, 0.15) is 5.92 Å². The van der Waals surface area contributed by atoms with E-state index in [1.807, 2.05) is 6.07 Å². The van der Waals surface area contributed by atoms with Crippen LogP contribution in [0, 0.1) is 17.2 Å². The second-order valence-corrected chi connectivity index (χ2v) is 4.23. The molecule has 1 aromatic rings. The highest BCUT2D eigenvalue weighted by molar-refractivity contribution is 9.10. The van der Waals surface area contributed by atoms with Crippen molar-refractivity contribution >= 4 is 39.1 Å². The number of benzene rings is 1. The van der Waals surface area contributed by atoms with Crippen LogP contribution < -0.4 is 5.32 Å². The first-order valence-electron chi connectivity index (χ1n) is 4.20. The van der Waals surface area contributed by atoms with Gasteiger partial charge in [0.15, 0.2) is 0 Å². The van der Waals surface area contributed by atoms with Gasteiger partial charge in [-0.1, -0.05) is 11.6 Å². The summed E-state index contributed by atoms with van der Waals surface area (Å²) in [6.45, 7) is 1.54. The number of hydrogen-bond donors (Lipinski definition) is 1. The molecule has 15 heavy (non-hydrogen) atoms. The van der Waals surface area contributed by atoms with Gasteiger partial charge in [-0.05, 0) is 41.1 Å². The lowest BCUT2D eigenvalue weighted by Gasteiger charge is -2.06. The predicted molar refractivity (Wildman–Crippen MR) is 62.6 cm³/mol. The van der Waals surface area contributed by atoms with Gasteiger partial charge >= 0.3 is 0 Å². The van der Waals surface area contributed by atoms with Gasteiger partial charge in [0.05, 0.1) is 11.1 Å². The lowest BCUT2D eigenvalue weighted by molar-refractivity contribution is -0.117. The number of nitrogens with one attached hydrogen (secondary N) is 1. The predicted octanol–water partition coefficient (Wildman–Crippen LogP) is 3.20. The van der Waals surface area contributed by atoms with Crippen molar-refractivity contribution in [1.82, 2.24) is 0 Å². The molecule has 1 aromatic carbocycles. The van der Waals surface area contributed by atoms with Crippen LogP contribution in [0.25, 0.3) is 0 Å². The SMILES string of the molecule is CC(C#N)C(=O)Nc1ccc(Br)c(Cl)c1. The summed E-state index contributed by atoms with van der Waals surface area (Å²) in [7, 11) is 0. The molecule has 0 heterocycles. The van der Waals surface area contributed by atoms with E-state index in [4.69, 9.17) is 16.9 Å². The standard InChI is InChI=1S/C10H8BrClN2O/c1-6(5-13)10(15)14-7-2-3-8(11)9(12)4-7/h2-4,6H,1H3,(H,14,15). The molecule has 0 fully saturated rings. The largest absolute Gasteiger partial charge is 0.325 e. The molecule has 78 valence electrons. The molecule has 0 aromatic heterocycles. The third kappa shape index (κ3) is 3.22. The topological polar surface area (TPSA) is 52.9 Å². The van der Waals surface area contributed by atoms with Crippen molar-refractivity contribution in [2.45, 2.75) is 6.92 Å². The molecule has 0 saturated carbocycles. The molecule has 1 atom stereocenters. The van der Waals surface area contributed by atoms with E-state index >= 15 is 0 Å². The zero-order valence-corrected chi connectivity index (χ0v) is 10.3. The molecule has 3 nitrogen and oxygen atoms in total. The Morgan fingerprint density at radius 2 is 2.33 bits per heavy atom. The zero-order valence-electron chi connectivity index (χ0n) is 7.92. The van der Waals surface area contributed by atoms with E-state index in [1.165, 1.54) is 6.92 Å². The molecule has 1 unspecified atom stereocenters. The molecule has 0 aliphatic heterocycles. The van der Waals surface area contributed by atoms with Gasteiger partial charge < -0.3 is 5.32 Å². The minimum Gasteiger partial charge on any atom is -0.325 e. The molecule has 1 rings (SSSR count). The van der Waals surface area contributed by atoms with E-state index in [0.717, 1.165) is 4.47 Å². The van der Waals surface area contributed by atoms with Crippen LogP contribution in [0.3, 0.4) is 0 Å². The number of carbonyl (C=O) groups is 1. The van der Waals surface area contributed by atoms with Crippen LogP contribution in [0.5, 0.6) is 0 Å². The van der Waals surface area contributed by atoms with E-state index < -0.39 is 5.92 Å². The fourth-order valence-electron chi connectivity index (χ4n) is 0.883. The molecule has 5 heteroatoms. The minimum atomic E-state index is -0.674. The van der Waals surface area contributed by atoms with Crippen molar-refractivity contribution in [3.05, 3.63) is 27.7 Å². The highest BCUT2D eigenvalue weighted by Crippen LogP contribution is 2.25. The third-order valence-electron chi connectivity index (χ3n) is 1.77. The van der Waals surface area contributed by atoms with Gasteiger partial charge in [-0.3, -0.25) is 4.79 Å². The molecule has 0 bridgehead atoms. The van der Waals surface area contributed by atoms with Gasteiger partial charge in [0.25, 0.3) is 0 Å². The maximum atomic E-state index is 11.4. The summed E-state index contributed by atoms with van der Waals surface area (Å²) in [5, 5.41) is 11.6. The average molecular weight is 288 g/mol. The van der Waals surface area contributed by atoms with Gasteiger partial charge in [-0.2, -0.15) is 5.26 Å². The van der Waals surface area contributed by atoms with Crippen molar-refractivity contribution < 1.29 is 4.79 Å². The number of carbonyl (C=O) groups excluding carboxylic acids is 1. The smallest absolute Gasteiger partial charge is 0.241 e. The summed E-state index contributed by atoms with van der Waals surface area (Å²) < 4.78 is 0.760. The monoisotopic (exact) mass is 286 g/mol. The molecule has 1 amide bonds. The van der Waals surface area contributed by atoms with Gasteiger partial charge in [0.2, 0.25) is 5.91 Å². The Bertz CT molecular complexity index is 428. The van der Waals surface area contributed by atoms with Gasteiger partial charge in [0, 0.05) is 10.2 Å². The van der Waals surface area contributed by atoms with Crippen molar-refractivity contribution in [3.63, 3.8) is 0 Å². The maximum absolute atomic E-state index is 11.4. The Labute approximate surface area is 101 Å². The number of hydrogen-bond acceptors (Lipinski definition) is 2. The van der Waals surface area contributed by atoms with Crippen LogP contribution in [-0.4, -0.2) is 5.91 Å². The average Bonchev–Trinajstić information content (AvgIpc) is 2.22. The molecule has 0 aliphatic rings. The summed E-state index contributed by atoms with van der Waals surface area (Å²) in [6.07, 6.45) is 0.